The summed E-state index contributed by atoms with van der Waals surface area (Å²) in [6.07, 6.45) is 6.45. The van der Waals surface area contributed by atoms with Gasteiger partial charge in [-0.1, -0.05) is 13.8 Å². The number of carbonyl (C=O) groups is 2. The molecule has 2 aliphatic rings. The molecule has 2 amide bonds. The predicted molar refractivity (Wildman–Crippen MR) is 92.0 cm³/mol. The van der Waals surface area contributed by atoms with Gasteiger partial charge in [-0.05, 0) is 57.0 Å². The number of likely N-dealkylation sites (tertiary alicyclic amines) is 1. The van der Waals surface area contributed by atoms with E-state index in [-0.39, 0.29) is 17.9 Å². The van der Waals surface area contributed by atoms with Gasteiger partial charge in [0, 0.05) is 32.0 Å². The highest BCUT2D eigenvalue weighted by molar-refractivity contribution is 5.78. The molecule has 5 heteroatoms. The predicted octanol–water partition coefficient (Wildman–Crippen LogP) is 1.92. The molecule has 5 nitrogen and oxygen atoms in total. The van der Waals surface area contributed by atoms with Crippen LogP contribution in [0.5, 0.6) is 0 Å². The first kappa shape index (κ1) is 18.2. The van der Waals surface area contributed by atoms with Crippen molar-refractivity contribution >= 4 is 11.8 Å². The molecule has 0 spiro atoms. The number of nitrogens with zero attached hydrogens (tertiary/aromatic N) is 1. The van der Waals surface area contributed by atoms with Gasteiger partial charge >= 0.3 is 0 Å². The molecule has 2 unspecified atom stereocenters. The molecule has 2 aliphatic heterocycles. The number of nitrogens with one attached hydrogen (secondary N) is 2. The Kier molecular flexibility index (Phi) is 7.34. The normalized spacial score (nSPS) is 24.3. The highest BCUT2D eigenvalue weighted by Crippen LogP contribution is 2.25. The Hall–Kier alpha value is -1.10. The maximum absolute atomic E-state index is 12.6. The van der Waals surface area contributed by atoms with Crippen molar-refractivity contribution in [3.05, 3.63) is 0 Å². The van der Waals surface area contributed by atoms with Crippen LogP contribution in [0, 0.1) is 11.8 Å². The maximum Gasteiger partial charge on any atom is 0.222 e. The summed E-state index contributed by atoms with van der Waals surface area (Å²) in [6.45, 7) is 7.93. The van der Waals surface area contributed by atoms with Crippen molar-refractivity contribution in [1.29, 1.82) is 0 Å². The van der Waals surface area contributed by atoms with Crippen LogP contribution in [0.25, 0.3) is 0 Å². The molecule has 0 aromatic heterocycles. The van der Waals surface area contributed by atoms with Gasteiger partial charge in [0.25, 0.3) is 0 Å². The van der Waals surface area contributed by atoms with Gasteiger partial charge in [-0.25, -0.2) is 0 Å². The lowest BCUT2D eigenvalue weighted by Crippen LogP contribution is -2.50. The summed E-state index contributed by atoms with van der Waals surface area (Å²) in [5.41, 5.74) is 0. The lowest BCUT2D eigenvalue weighted by atomic mass is 9.84. The van der Waals surface area contributed by atoms with E-state index in [0.717, 1.165) is 38.9 Å². The smallest absolute Gasteiger partial charge is 0.222 e. The van der Waals surface area contributed by atoms with Crippen molar-refractivity contribution in [1.82, 2.24) is 15.5 Å². The van der Waals surface area contributed by atoms with Crippen LogP contribution in [0.2, 0.25) is 0 Å². The first-order valence-electron chi connectivity index (χ1n) is 9.38. The van der Waals surface area contributed by atoms with Gasteiger partial charge < -0.3 is 15.5 Å². The summed E-state index contributed by atoms with van der Waals surface area (Å²) in [7, 11) is 0. The minimum absolute atomic E-state index is 0.120. The quantitative estimate of drug-likeness (QED) is 0.785. The zero-order valence-corrected chi connectivity index (χ0v) is 14.8. The van der Waals surface area contributed by atoms with Crippen LogP contribution in [0.1, 0.15) is 58.8 Å². The van der Waals surface area contributed by atoms with E-state index >= 15 is 0 Å². The second-order valence-corrected chi connectivity index (χ2v) is 7.27. The monoisotopic (exact) mass is 323 g/mol. The lowest BCUT2D eigenvalue weighted by Gasteiger charge is -2.35. The minimum Gasteiger partial charge on any atom is -0.352 e. The lowest BCUT2D eigenvalue weighted by molar-refractivity contribution is -0.135. The topological polar surface area (TPSA) is 61.4 Å². The molecule has 2 rings (SSSR count). The minimum atomic E-state index is 0.120. The largest absolute Gasteiger partial charge is 0.352 e. The molecule has 2 atom stereocenters. The van der Waals surface area contributed by atoms with Crippen LogP contribution in [-0.4, -0.2) is 48.9 Å². The first-order valence-corrected chi connectivity index (χ1v) is 9.38. The van der Waals surface area contributed by atoms with Gasteiger partial charge in [0.1, 0.15) is 0 Å². The molecule has 0 bridgehead atoms. The first-order chi connectivity index (χ1) is 11.1. The number of amides is 2. The number of hydrogen-bond donors (Lipinski definition) is 2. The Balaban J connectivity index is 1.78. The molecule has 23 heavy (non-hydrogen) atoms. The van der Waals surface area contributed by atoms with Crippen LogP contribution in [-0.2, 0) is 9.59 Å². The van der Waals surface area contributed by atoms with Gasteiger partial charge in [0.05, 0.1) is 0 Å². The van der Waals surface area contributed by atoms with Crippen LogP contribution < -0.4 is 10.6 Å². The van der Waals surface area contributed by atoms with Gasteiger partial charge in [-0.2, -0.15) is 0 Å². The van der Waals surface area contributed by atoms with E-state index in [1.54, 1.807) is 0 Å². The van der Waals surface area contributed by atoms with Crippen LogP contribution in [0.3, 0.4) is 0 Å². The molecule has 2 heterocycles. The van der Waals surface area contributed by atoms with Gasteiger partial charge in [-0.3, -0.25) is 9.59 Å². The number of rotatable bonds is 6. The van der Waals surface area contributed by atoms with Crippen molar-refractivity contribution in [2.75, 3.05) is 26.2 Å². The summed E-state index contributed by atoms with van der Waals surface area (Å²) < 4.78 is 0. The van der Waals surface area contributed by atoms with Crippen LogP contribution in [0.4, 0.5) is 0 Å². The molecular formula is C18H33N3O2. The SMILES string of the molecule is CCCC(=O)NC1CCCN(C(=O)CC(C)C2CCNCC2)C1. The molecule has 2 N–H and O–H groups in total. The number of hydrogen-bond acceptors (Lipinski definition) is 3. The number of carbonyl (C=O) groups excluding carboxylic acids is 2. The van der Waals surface area contributed by atoms with Gasteiger partial charge in [-0.15, -0.1) is 0 Å². The fraction of sp³-hybridized carbons (Fsp3) is 0.889. The molecule has 0 aromatic rings. The van der Waals surface area contributed by atoms with E-state index in [1.165, 1.54) is 12.8 Å². The second kappa shape index (κ2) is 9.26. The Morgan fingerprint density at radius 1 is 1.26 bits per heavy atom. The summed E-state index contributed by atoms with van der Waals surface area (Å²) in [5.74, 6) is 1.52. The van der Waals surface area contributed by atoms with E-state index in [0.29, 0.717) is 31.2 Å². The Bertz CT molecular complexity index is 394. The molecule has 0 aromatic carbocycles. The summed E-state index contributed by atoms with van der Waals surface area (Å²) in [6, 6.07) is 0.140. The van der Waals surface area contributed by atoms with E-state index in [1.807, 2.05) is 11.8 Å². The zero-order chi connectivity index (χ0) is 16.7. The van der Waals surface area contributed by atoms with E-state index < -0.39 is 0 Å². The maximum atomic E-state index is 12.6. The summed E-state index contributed by atoms with van der Waals surface area (Å²) in [4.78, 5) is 26.3. The van der Waals surface area contributed by atoms with Crippen molar-refractivity contribution in [2.45, 2.75) is 64.8 Å². The molecule has 2 fully saturated rings. The van der Waals surface area contributed by atoms with E-state index in [2.05, 4.69) is 17.6 Å². The molecule has 132 valence electrons. The molecule has 0 aliphatic carbocycles. The van der Waals surface area contributed by atoms with Crippen LogP contribution in [0.15, 0.2) is 0 Å². The third-order valence-corrected chi connectivity index (χ3v) is 5.30. The third-order valence-electron chi connectivity index (χ3n) is 5.30. The highest BCUT2D eigenvalue weighted by atomic mass is 16.2. The van der Waals surface area contributed by atoms with Gasteiger partial charge in [0.2, 0.25) is 11.8 Å². The fourth-order valence-electron chi connectivity index (χ4n) is 3.83. The highest BCUT2D eigenvalue weighted by Gasteiger charge is 2.28. The second-order valence-electron chi connectivity index (χ2n) is 7.27. The molecule has 0 saturated carbocycles. The average Bonchev–Trinajstić information content (AvgIpc) is 2.56. The fourth-order valence-corrected chi connectivity index (χ4v) is 3.83. The van der Waals surface area contributed by atoms with Crippen molar-refractivity contribution < 1.29 is 9.59 Å². The summed E-state index contributed by atoms with van der Waals surface area (Å²) in [5, 5.41) is 6.47. The molecular weight excluding hydrogens is 290 g/mol. The Morgan fingerprint density at radius 3 is 2.70 bits per heavy atom. The molecule has 0 radical (unpaired) electrons. The Morgan fingerprint density at radius 2 is 2.00 bits per heavy atom. The standard InChI is InChI=1S/C18H33N3O2/c1-3-5-17(22)20-16-6-4-11-21(13-16)18(23)12-14(2)15-7-9-19-10-8-15/h14-16,19H,3-13H2,1-2H3,(H,20,22). The summed E-state index contributed by atoms with van der Waals surface area (Å²) >= 11 is 0. The van der Waals surface area contributed by atoms with E-state index in [9.17, 15) is 9.59 Å². The van der Waals surface area contributed by atoms with Crippen molar-refractivity contribution in [3.8, 4) is 0 Å². The zero-order valence-electron chi connectivity index (χ0n) is 14.8. The molecule has 2 saturated heterocycles. The van der Waals surface area contributed by atoms with Crippen molar-refractivity contribution in [2.24, 2.45) is 11.8 Å². The van der Waals surface area contributed by atoms with Crippen LogP contribution >= 0.6 is 0 Å². The number of piperidine rings is 2. The van der Waals surface area contributed by atoms with Gasteiger partial charge in [0.15, 0.2) is 0 Å². The average molecular weight is 323 g/mol. The van der Waals surface area contributed by atoms with E-state index in [4.69, 9.17) is 0 Å². The van der Waals surface area contributed by atoms with Crippen molar-refractivity contribution in [3.63, 3.8) is 0 Å². The third kappa shape index (κ3) is 5.79. The Labute approximate surface area is 140 Å².